The molecule has 130 valence electrons. The van der Waals surface area contributed by atoms with Crippen LogP contribution in [0.5, 0.6) is 5.75 Å². The molecule has 3 amide bonds. The van der Waals surface area contributed by atoms with E-state index < -0.39 is 0 Å². The van der Waals surface area contributed by atoms with E-state index in [0.29, 0.717) is 30.2 Å². The molecule has 1 saturated heterocycles. The number of nitrogens with zero attached hydrogens (tertiary/aromatic N) is 2. The van der Waals surface area contributed by atoms with Gasteiger partial charge in [-0.15, -0.1) is 0 Å². The summed E-state index contributed by atoms with van der Waals surface area (Å²) >= 11 is 0. The predicted molar refractivity (Wildman–Crippen MR) is 92.3 cm³/mol. The van der Waals surface area contributed by atoms with Gasteiger partial charge >= 0.3 is 6.03 Å². The fourth-order valence-electron chi connectivity index (χ4n) is 2.70. The number of carbonyl (C=O) groups excluding carboxylic acids is 2. The number of hydrogen-bond donors (Lipinski definition) is 1. The molecule has 0 saturated carbocycles. The molecule has 2 aromatic carbocycles. The fourth-order valence-corrected chi connectivity index (χ4v) is 2.70. The first-order chi connectivity index (χ1) is 12.1. The molecule has 1 N–H and O–H groups in total. The zero-order valence-electron chi connectivity index (χ0n) is 13.7. The monoisotopic (exact) mass is 343 g/mol. The Balaban J connectivity index is 1.62. The summed E-state index contributed by atoms with van der Waals surface area (Å²) in [4.78, 5) is 27.7. The maximum atomic E-state index is 13.0. The van der Waals surface area contributed by atoms with Gasteiger partial charge in [0.15, 0.2) is 0 Å². The van der Waals surface area contributed by atoms with E-state index in [9.17, 15) is 14.0 Å². The van der Waals surface area contributed by atoms with Gasteiger partial charge in [-0.25, -0.2) is 9.18 Å². The van der Waals surface area contributed by atoms with E-state index in [0.717, 1.165) is 0 Å². The van der Waals surface area contributed by atoms with Gasteiger partial charge in [-0.3, -0.25) is 9.69 Å². The Hall–Kier alpha value is -3.09. The standard InChI is InChI=1S/C18H18FN3O3/c1-25-16-5-3-2-4-15(16)20-17(23)12-21-10-11-22(18(21)24)14-8-6-13(19)7-9-14/h2-9H,10-12H2,1H3,(H,20,23). The largest absolute Gasteiger partial charge is 0.495 e. The van der Waals surface area contributed by atoms with E-state index in [1.165, 1.54) is 29.0 Å². The molecular formula is C18H18FN3O3. The Morgan fingerprint density at radius 3 is 2.60 bits per heavy atom. The van der Waals surface area contributed by atoms with Crippen molar-refractivity contribution in [3.05, 3.63) is 54.3 Å². The summed E-state index contributed by atoms with van der Waals surface area (Å²) in [6.45, 7) is 0.816. The molecule has 0 aromatic heterocycles. The van der Waals surface area contributed by atoms with E-state index in [1.807, 2.05) is 0 Å². The van der Waals surface area contributed by atoms with Crippen molar-refractivity contribution >= 4 is 23.3 Å². The summed E-state index contributed by atoms with van der Waals surface area (Å²) in [5.41, 5.74) is 1.16. The van der Waals surface area contributed by atoms with Gasteiger partial charge in [0.2, 0.25) is 5.91 Å². The van der Waals surface area contributed by atoms with Crippen LogP contribution in [0.1, 0.15) is 0 Å². The van der Waals surface area contributed by atoms with Crippen LogP contribution in [-0.2, 0) is 4.79 Å². The number of nitrogens with one attached hydrogen (secondary N) is 1. The number of para-hydroxylation sites is 2. The molecule has 1 heterocycles. The van der Waals surface area contributed by atoms with Crippen molar-refractivity contribution < 1.29 is 18.7 Å². The number of urea groups is 1. The smallest absolute Gasteiger partial charge is 0.325 e. The third-order valence-electron chi connectivity index (χ3n) is 3.95. The molecule has 1 aliphatic rings. The van der Waals surface area contributed by atoms with Gasteiger partial charge in [0.05, 0.1) is 12.8 Å². The lowest BCUT2D eigenvalue weighted by molar-refractivity contribution is -0.116. The number of ether oxygens (including phenoxy) is 1. The summed E-state index contributed by atoms with van der Waals surface area (Å²) in [5, 5.41) is 2.75. The van der Waals surface area contributed by atoms with Crippen molar-refractivity contribution in [3.63, 3.8) is 0 Å². The van der Waals surface area contributed by atoms with E-state index in [4.69, 9.17) is 4.74 Å². The summed E-state index contributed by atoms with van der Waals surface area (Å²) in [5.74, 6) is -0.112. The Morgan fingerprint density at radius 1 is 1.16 bits per heavy atom. The van der Waals surface area contributed by atoms with Crippen LogP contribution in [0.4, 0.5) is 20.6 Å². The number of carbonyl (C=O) groups is 2. The van der Waals surface area contributed by atoms with Gasteiger partial charge in [0.1, 0.15) is 18.1 Å². The number of anilines is 2. The summed E-state index contributed by atoms with van der Waals surface area (Å²) in [7, 11) is 1.52. The van der Waals surface area contributed by atoms with E-state index in [1.54, 1.807) is 36.4 Å². The van der Waals surface area contributed by atoms with Crippen molar-refractivity contribution in [2.45, 2.75) is 0 Å². The van der Waals surface area contributed by atoms with Crippen molar-refractivity contribution in [2.24, 2.45) is 0 Å². The third kappa shape index (κ3) is 3.71. The van der Waals surface area contributed by atoms with Gasteiger partial charge < -0.3 is 15.0 Å². The highest BCUT2D eigenvalue weighted by Crippen LogP contribution is 2.24. The fraction of sp³-hybridized carbons (Fsp3) is 0.222. The van der Waals surface area contributed by atoms with Gasteiger partial charge in [0.25, 0.3) is 0 Å². The molecule has 7 heteroatoms. The maximum absolute atomic E-state index is 13.0. The predicted octanol–water partition coefficient (Wildman–Crippen LogP) is 2.72. The van der Waals surface area contributed by atoms with Crippen LogP contribution in [0.3, 0.4) is 0 Å². The van der Waals surface area contributed by atoms with E-state index in [2.05, 4.69) is 5.32 Å². The SMILES string of the molecule is COc1ccccc1NC(=O)CN1CCN(c2ccc(F)cc2)C1=O. The molecule has 25 heavy (non-hydrogen) atoms. The molecule has 0 atom stereocenters. The molecule has 3 rings (SSSR count). The first-order valence-electron chi connectivity index (χ1n) is 7.83. The molecular weight excluding hydrogens is 325 g/mol. The minimum Gasteiger partial charge on any atom is -0.495 e. The quantitative estimate of drug-likeness (QED) is 0.908. The topological polar surface area (TPSA) is 61.9 Å². The minimum atomic E-state index is -0.358. The number of hydrogen-bond acceptors (Lipinski definition) is 3. The van der Waals surface area contributed by atoms with Crippen LogP contribution in [0, 0.1) is 5.82 Å². The number of benzene rings is 2. The van der Waals surface area contributed by atoms with E-state index >= 15 is 0 Å². The van der Waals surface area contributed by atoms with Crippen LogP contribution in [0.15, 0.2) is 48.5 Å². The lowest BCUT2D eigenvalue weighted by Gasteiger charge is -2.18. The second kappa shape index (κ2) is 7.21. The minimum absolute atomic E-state index is 0.0609. The molecule has 1 fully saturated rings. The lowest BCUT2D eigenvalue weighted by atomic mass is 10.3. The zero-order valence-corrected chi connectivity index (χ0v) is 13.7. The summed E-state index contributed by atoms with van der Waals surface area (Å²) < 4.78 is 18.2. The average Bonchev–Trinajstić information content (AvgIpc) is 2.97. The van der Waals surface area contributed by atoms with Gasteiger partial charge in [-0.1, -0.05) is 12.1 Å². The molecule has 0 bridgehead atoms. The maximum Gasteiger partial charge on any atom is 0.325 e. The highest BCUT2D eigenvalue weighted by atomic mass is 19.1. The van der Waals surface area contributed by atoms with Crippen molar-refractivity contribution in [1.29, 1.82) is 0 Å². The van der Waals surface area contributed by atoms with Crippen molar-refractivity contribution in [3.8, 4) is 5.75 Å². The Labute approximate surface area is 144 Å². The molecule has 0 radical (unpaired) electrons. The molecule has 2 aromatic rings. The second-order valence-electron chi connectivity index (χ2n) is 5.58. The number of rotatable bonds is 5. The molecule has 0 aliphatic carbocycles. The van der Waals surface area contributed by atoms with Gasteiger partial charge in [-0.05, 0) is 36.4 Å². The van der Waals surface area contributed by atoms with Crippen LogP contribution >= 0.6 is 0 Å². The molecule has 1 aliphatic heterocycles. The van der Waals surface area contributed by atoms with Crippen LogP contribution < -0.4 is 15.0 Å². The Morgan fingerprint density at radius 2 is 1.88 bits per heavy atom. The highest BCUT2D eigenvalue weighted by molar-refractivity contribution is 5.99. The zero-order chi connectivity index (χ0) is 17.8. The third-order valence-corrected chi connectivity index (χ3v) is 3.95. The Bertz CT molecular complexity index is 779. The summed E-state index contributed by atoms with van der Waals surface area (Å²) in [6.07, 6.45) is 0. The number of methoxy groups -OCH3 is 1. The molecule has 6 nitrogen and oxygen atoms in total. The first-order valence-corrected chi connectivity index (χ1v) is 7.83. The highest BCUT2D eigenvalue weighted by Gasteiger charge is 2.30. The van der Waals surface area contributed by atoms with Crippen LogP contribution in [-0.4, -0.2) is 43.6 Å². The number of amides is 3. The van der Waals surface area contributed by atoms with Gasteiger partial charge in [0, 0.05) is 18.8 Å². The van der Waals surface area contributed by atoms with Gasteiger partial charge in [-0.2, -0.15) is 0 Å². The van der Waals surface area contributed by atoms with Crippen LogP contribution in [0.25, 0.3) is 0 Å². The average molecular weight is 343 g/mol. The molecule has 0 unspecified atom stereocenters. The number of halogens is 1. The van der Waals surface area contributed by atoms with E-state index in [-0.39, 0.29) is 24.3 Å². The van der Waals surface area contributed by atoms with Crippen LogP contribution in [0.2, 0.25) is 0 Å². The Kier molecular flexibility index (Phi) is 4.83. The van der Waals surface area contributed by atoms with Crippen molar-refractivity contribution in [2.75, 3.05) is 37.0 Å². The first kappa shape index (κ1) is 16.8. The second-order valence-corrected chi connectivity index (χ2v) is 5.58. The normalized spacial score (nSPS) is 13.9. The lowest BCUT2D eigenvalue weighted by Crippen LogP contribution is -2.37. The molecule has 0 spiro atoms. The van der Waals surface area contributed by atoms with Crippen molar-refractivity contribution in [1.82, 2.24) is 4.90 Å². The summed E-state index contributed by atoms with van der Waals surface area (Å²) in [6, 6.07) is 12.5.